The molecule has 0 spiro atoms. The van der Waals surface area contributed by atoms with Crippen LogP contribution in [0.25, 0.3) is 0 Å². The molecule has 7 heteroatoms. The van der Waals surface area contributed by atoms with Crippen LogP contribution in [0, 0.1) is 0 Å². The quantitative estimate of drug-likeness (QED) is 0.778. The molecular formula is C13H17Cl2N3O2. The second-order valence-corrected chi connectivity index (χ2v) is 5.33. The topological polar surface area (TPSA) is 84.2 Å². The van der Waals surface area contributed by atoms with Crippen LogP contribution in [0.4, 0.5) is 4.79 Å². The van der Waals surface area contributed by atoms with Crippen molar-refractivity contribution in [3.8, 4) is 0 Å². The lowest BCUT2D eigenvalue weighted by atomic mass is 10.0. The average Bonchev–Trinajstić information content (AvgIpc) is 2.34. The SMILES string of the molecule is CC(NC(N)=O)C(=O)NCC(C)c1c(Cl)cccc1Cl. The first-order chi connectivity index (χ1) is 9.32. The van der Waals surface area contributed by atoms with Crippen molar-refractivity contribution in [3.05, 3.63) is 33.8 Å². The minimum Gasteiger partial charge on any atom is -0.354 e. The normalized spacial score (nSPS) is 13.4. The van der Waals surface area contributed by atoms with Gasteiger partial charge < -0.3 is 16.4 Å². The second kappa shape index (κ2) is 7.36. The van der Waals surface area contributed by atoms with Crippen molar-refractivity contribution in [1.29, 1.82) is 0 Å². The molecule has 0 aliphatic rings. The zero-order valence-electron chi connectivity index (χ0n) is 11.2. The first-order valence-corrected chi connectivity index (χ1v) is 6.86. The number of halogens is 2. The molecule has 1 aromatic rings. The fraction of sp³-hybridized carbons (Fsp3) is 0.385. The predicted molar refractivity (Wildman–Crippen MR) is 80.1 cm³/mol. The van der Waals surface area contributed by atoms with Crippen molar-refractivity contribution < 1.29 is 9.59 Å². The highest BCUT2D eigenvalue weighted by molar-refractivity contribution is 6.36. The van der Waals surface area contributed by atoms with E-state index in [-0.39, 0.29) is 11.8 Å². The Bertz CT molecular complexity index is 488. The van der Waals surface area contributed by atoms with Crippen molar-refractivity contribution in [2.45, 2.75) is 25.8 Å². The zero-order valence-corrected chi connectivity index (χ0v) is 12.8. The van der Waals surface area contributed by atoms with Crippen LogP contribution in [-0.4, -0.2) is 24.5 Å². The predicted octanol–water partition coefficient (Wildman–Crippen LogP) is 2.27. The molecule has 1 rings (SSSR count). The van der Waals surface area contributed by atoms with E-state index in [0.717, 1.165) is 5.56 Å². The van der Waals surface area contributed by atoms with Crippen molar-refractivity contribution >= 4 is 35.1 Å². The third kappa shape index (κ3) is 4.58. The van der Waals surface area contributed by atoms with Gasteiger partial charge in [-0.15, -0.1) is 0 Å². The van der Waals surface area contributed by atoms with Gasteiger partial charge in [-0.3, -0.25) is 4.79 Å². The van der Waals surface area contributed by atoms with E-state index in [1.807, 2.05) is 6.92 Å². The number of urea groups is 1. The summed E-state index contributed by atoms with van der Waals surface area (Å²) in [6.07, 6.45) is 0. The summed E-state index contributed by atoms with van der Waals surface area (Å²) in [5.41, 5.74) is 5.74. The Hall–Kier alpha value is -1.46. The lowest BCUT2D eigenvalue weighted by Crippen LogP contribution is -2.47. The first-order valence-electron chi connectivity index (χ1n) is 6.10. The third-order valence-electron chi connectivity index (χ3n) is 2.83. The van der Waals surface area contributed by atoms with Gasteiger partial charge in [-0.1, -0.05) is 36.2 Å². The maximum Gasteiger partial charge on any atom is 0.312 e. The van der Waals surface area contributed by atoms with E-state index in [1.54, 1.807) is 25.1 Å². The Kier molecular flexibility index (Phi) is 6.10. The zero-order chi connectivity index (χ0) is 15.3. The van der Waals surface area contributed by atoms with Gasteiger partial charge in [0.15, 0.2) is 0 Å². The van der Waals surface area contributed by atoms with Gasteiger partial charge in [-0.25, -0.2) is 4.79 Å². The Labute approximate surface area is 127 Å². The van der Waals surface area contributed by atoms with Gasteiger partial charge >= 0.3 is 6.03 Å². The Morgan fingerprint density at radius 1 is 1.25 bits per heavy atom. The molecule has 2 atom stereocenters. The van der Waals surface area contributed by atoms with Gasteiger partial charge in [0.2, 0.25) is 5.91 Å². The van der Waals surface area contributed by atoms with Crippen LogP contribution in [0.2, 0.25) is 10.0 Å². The fourth-order valence-corrected chi connectivity index (χ4v) is 2.54. The van der Waals surface area contributed by atoms with Gasteiger partial charge in [-0.05, 0) is 24.6 Å². The maximum atomic E-state index is 11.7. The molecule has 0 bridgehead atoms. The highest BCUT2D eigenvalue weighted by Crippen LogP contribution is 2.30. The summed E-state index contributed by atoms with van der Waals surface area (Å²) in [6, 6.07) is 3.82. The van der Waals surface area contributed by atoms with Crippen LogP contribution >= 0.6 is 23.2 Å². The molecule has 0 heterocycles. The standard InChI is InChI=1S/C13H17Cl2N3O2/c1-7(11-9(14)4-3-5-10(11)15)6-17-12(19)8(2)18-13(16)20/h3-5,7-8H,6H2,1-2H3,(H,17,19)(H3,16,18,20). The molecule has 3 amide bonds. The molecule has 0 saturated carbocycles. The number of benzene rings is 1. The lowest BCUT2D eigenvalue weighted by molar-refractivity contribution is -0.122. The van der Waals surface area contributed by atoms with E-state index in [2.05, 4.69) is 10.6 Å². The van der Waals surface area contributed by atoms with Crippen molar-refractivity contribution in [1.82, 2.24) is 10.6 Å². The molecule has 4 N–H and O–H groups in total. The van der Waals surface area contributed by atoms with E-state index in [9.17, 15) is 9.59 Å². The summed E-state index contributed by atoms with van der Waals surface area (Å²) in [6.45, 7) is 3.81. The Morgan fingerprint density at radius 2 is 1.80 bits per heavy atom. The minimum atomic E-state index is -0.741. The highest BCUT2D eigenvalue weighted by atomic mass is 35.5. The smallest absolute Gasteiger partial charge is 0.312 e. The summed E-state index contributed by atoms with van der Waals surface area (Å²) in [5, 5.41) is 6.13. The molecule has 2 unspecified atom stereocenters. The molecular weight excluding hydrogens is 301 g/mol. The highest BCUT2D eigenvalue weighted by Gasteiger charge is 2.17. The fourth-order valence-electron chi connectivity index (χ4n) is 1.77. The van der Waals surface area contributed by atoms with Crippen molar-refractivity contribution in [2.75, 3.05) is 6.54 Å². The van der Waals surface area contributed by atoms with Crippen molar-refractivity contribution in [3.63, 3.8) is 0 Å². The third-order valence-corrected chi connectivity index (χ3v) is 3.49. The number of amides is 3. The Balaban J connectivity index is 2.61. The molecule has 0 aliphatic heterocycles. The number of nitrogens with one attached hydrogen (secondary N) is 2. The number of carbonyl (C=O) groups excluding carboxylic acids is 2. The molecule has 0 fully saturated rings. The average molecular weight is 318 g/mol. The van der Waals surface area contributed by atoms with Crippen LogP contribution in [0.5, 0.6) is 0 Å². The van der Waals surface area contributed by atoms with E-state index < -0.39 is 12.1 Å². The molecule has 110 valence electrons. The number of nitrogens with two attached hydrogens (primary N) is 1. The molecule has 0 saturated heterocycles. The van der Waals surface area contributed by atoms with Gasteiger partial charge in [0.25, 0.3) is 0 Å². The van der Waals surface area contributed by atoms with E-state index in [1.165, 1.54) is 0 Å². The summed E-state index contributed by atoms with van der Waals surface area (Å²) >= 11 is 12.2. The molecule has 0 radical (unpaired) electrons. The van der Waals surface area contributed by atoms with Crippen molar-refractivity contribution in [2.24, 2.45) is 5.73 Å². The summed E-state index contributed by atoms with van der Waals surface area (Å²) < 4.78 is 0. The van der Waals surface area contributed by atoms with Gasteiger partial charge in [0, 0.05) is 22.5 Å². The number of rotatable bonds is 5. The number of hydrogen-bond donors (Lipinski definition) is 3. The van der Waals surface area contributed by atoms with Crippen LogP contribution in [0.1, 0.15) is 25.3 Å². The first kappa shape index (κ1) is 16.6. The second-order valence-electron chi connectivity index (χ2n) is 4.51. The van der Waals surface area contributed by atoms with Crippen LogP contribution < -0.4 is 16.4 Å². The monoisotopic (exact) mass is 317 g/mol. The van der Waals surface area contributed by atoms with Gasteiger partial charge in [0.05, 0.1) is 0 Å². The Morgan fingerprint density at radius 3 is 2.30 bits per heavy atom. The van der Waals surface area contributed by atoms with Crippen LogP contribution in [0.3, 0.4) is 0 Å². The van der Waals surface area contributed by atoms with Crippen LogP contribution in [0.15, 0.2) is 18.2 Å². The summed E-state index contributed by atoms with van der Waals surface area (Å²) in [4.78, 5) is 22.4. The molecule has 0 aliphatic carbocycles. The largest absolute Gasteiger partial charge is 0.354 e. The summed E-state index contributed by atoms with van der Waals surface area (Å²) in [7, 11) is 0. The number of carbonyl (C=O) groups is 2. The molecule has 1 aromatic carbocycles. The molecule has 5 nitrogen and oxygen atoms in total. The van der Waals surface area contributed by atoms with Gasteiger partial charge in [0.1, 0.15) is 6.04 Å². The van der Waals surface area contributed by atoms with Gasteiger partial charge in [-0.2, -0.15) is 0 Å². The lowest BCUT2D eigenvalue weighted by Gasteiger charge is -2.18. The maximum absolute atomic E-state index is 11.7. The molecule has 0 aromatic heterocycles. The number of primary amides is 1. The number of hydrogen-bond acceptors (Lipinski definition) is 2. The molecule has 20 heavy (non-hydrogen) atoms. The minimum absolute atomic E-state index is 0.0547. The van der Waals surface area contributed by atoms with E-state index in [4.69, 9.17) is 28.9 Å². The summed E-state index contributed by atoms with van der Waals surface area (Å²) in [5.74, 6) is -0.375. The van der Waals surface area contributed by atoms with E-state index >= 15 is 0 Å². The van der Waals surface area contributed by atoms with Crippen LogP contribution in [-0.2, 0) is 4.79 Å². The van der Waals surface area contributed by atoms with E-state index in [0.29, 0.717) is 16.6 Å².